The Balaban J connectivity index is 1.95. The topological polar surface area (TPSA) is 72.6 Å². The second-order valence-corrected chi connectivity index (χ2v) is 5.41. The second-order valence-electron chi connectivity index (χ2n) is 4.56. The molecule has 2 rings (SSSR count). The van der Waals surface area contributed by atoms with Crippen molar-refractivity contribution >= 4 is 27.9 Å². The van der Waals surface area contributed by atoms with Gasteiger partial charge in [-0.15, -0.1) is 0 Å². The van der Waals surface area contributed by atoms with Gasteiger partial charge in [-0.05, 0) is 47.0 Å². The lowest BCUT2D eigenvalue weighted by Crippen LogP contribution is -2.41. The molecule has 1 aromatic carbocycles. The standard InChI is InChI=1S/C13H14BrFN2O3/c14-10-6-8(3-4-11(10)15)12(18)20-7-9-2-1-5-17(9)13(16)19/h3-4,6,9H,1-2,5,7H2,(H2,16,19)/t9-/m0/s1. The molecule has 20 heavy (non-hydrogen) atoms. The molecular formula is C13H14BrFN2O3. The van der Waals surface area contributed by atoms with E-state index in [4.69, 9.17) is 10.5 Å². The van der Waals surface area contributed by atoms with Crippen LogP contribution in [0.2, 0.25) is 0 Å². The van der Waals surface area contributed by atoms with Crippen LogP contribution in [0, 0.1) is 5.82 Å². The van der Waals surface area contributed by atoms with Crippen molar-refractivity contribution in [2.75, 3.05) is 13.2 Å². The lowest BCUT2D eigenvalue weighted by Gasteiger charge is -2.22. The number of carbonyl (C=O) groups excluding carboxylic acids is 2. The number of likely N-dealkylation sites (tertiary alicyclic amines) is 1. The summed E-state index contributed by atoms with van der Waals surface area (Å²) in [4.78, 5) is 24.5. The van der Waals surface area contributed by atoms with E-state index in [9.17, 15) is 14.0 Å². The second kappa shape index (κ2) is 6.21. The zero-order valence-electron chi connectivity index (χ0n) is 10.6. The Labute approximate surface area is 124 Å². The van der Waals surface area contributed by atoms with Crippen LogP contribution in [0.5, 0.6) is 0 Å². The minimum Gasteiger partial charge on any atom is -0.460 e. The zero-order valence-corrected chi connectivity index (χ0v) is 12.2. The summed E-state index contributed by atoms with van der Waals surface area (Å²) in [5.74, 6) is -1.00. The highest BCUT2D eigenvalue weighted by Crippen LogP contribution is 2.19. The van der Waals surface area contributed by atoms with E-state index in [0.717, 1.165) is 12.8 Å². The largest absolute Gasteiger partial charge is 0.460 e. The monoisotopic (exact) mass is 344 g/mol. The summed E-state index contributed by atoms with van der Waals surface area (Å²) in [5, 5.41) is 0. The molecule has 2 N–H and O–H groups in total. The number of urea groups is 1. The molecule has 0 saturated carbocycles. The number of ether oxygens (including phenoxy) is 1. The molecule has 1 aliphatic heterocycles. The van der Waals surface area contributed by atoms with E-state index in [1.807, 2.05) is 0 Å². The number of hydrogen-bond acceptors (Lipinski definition) is 3. The van der Waals surface area contributed by atoms with Gasteiger partial charge in [0.25, 0.3) is 0 Å². The highest BCUT2D eigenvalue weighted by Gasteiger charge is 2.28. The maximum Gasteiger partial charge on any atom is 0.338 e. The third-order valence-electron chi connectivity index (χ3n) is 3.22. The zero-order chi connectivity index (χ0) is 14.7. The number of hydrogen-bond donors (Lipinski definition) is 1. The smallest absolute Gasteiger partial charge is 0.338 e. The number of amides is 2. The van der Waals surface area contributed by atoms with Crippen LogP contribution in [0.4, 0.5) is 9.18 Å². The van der Waals surface area contributed by atoms with Crippen LogP contribution in [0.15, 0.2) is 22.7 Å². The van der Waals surface area contributed by atoms with Gasteiger partial charge < -0.3 is 15.4 Å². The fourth-order valence-electron chi connectivity index (χ4n) is 2.18. The van der Waals surface area contributed by atoms with E-state index in [0.29, 0.717) is 6.54 Å². The number of benzene rings is 1. The van der Waals surface area contributed by atoms with Gasteiger partial charge in [0.15, 0.2) is 0 Å². The first-order chi connectivity index (χ1) is 9.49. The number of esters is 1. The summed E-state index contributed by atoms with van der Waals surface area (Å²) >= 11 is 3.01. The highest BCUT2D eigenvalue weighted by molar-refractivity contribution is 9.10. The van der Waals surface area contributed by atoms with Crippen LogP contribution in [0.25, 0.3) is 0 Å². The first kappa shape index (κ1) is 14.8. The van der Waals surface area contributed by atoms with Crippen LogP contribution in [0.1, 0.15) is 23.2 Å². The van der Waals surface area contributed by atoms with Crippen LogP contribution in [-0.4, -0.2) is 36.1 Å². The summed E-state index contributed by atoms with van der Waals surface area (Å²) in [6.45, 7) is 0.677. The first-order valence-corrected chi connectivity index (χ1v) is 6.96. The van der Waals surface area contributed by atoms with Crippen LogP contribution in [0.3, 0.4) is 0 Å². The first-order valence-electron chi connectivity index (χ1n) is 6.17. The normalized spacial score (nSPS) is 18.1. The summed E-state index contributed by atoms with van der Waals surface area (Å²) in [6.07, 6.45) is 1.59. The predicted molar refractivity (Wildman–Crippen MR) is 73.7 cm³/mol. The van der Waals surface area contributed by atoms with Gasteiger partial charge in [-0.3, -0.25) is 0 Å². The van der Waals surface area contributed by atoms with E-state index < -0.39 is 17.8 Å². The van der Waals surface area contributed by atoms with E-state index >= 15 is 0 Å². The molecule has 5 nitrogen and oxygen atoms in total. The molecule has 0 radical (unpaired) electrons. The molecule has 0 unspecified atom stereocenters. The van der Waals surface area contributed by atoms with Gasteiger partial charge in [0, 0.05) is 6.54 Å². The summed E-state index contributed by atoms with van der Waals surface area (Å²) < 4.78 is 18.4. The predicted octanol–water partition coefficient (Wildman–Crippen LogP) is 2.29. The van der Waals surface area contributed by atoms with E-state index in [2.05, 4.69) is 15.9 Å². The van der Waals surface area contributed by atoms with Gasteiger partial charge in [0.2, 0.25) is 0 Å². The number of carbonyl (C=O) groups is 2. The van der Waals surface area contributed by atoms with Gasteiger partial charge in [-0.1, -0.05) is 0 Å². The fourth-order valence-corrected chi connectivity index (χ4v) is 2.56. The molecule has 108 valence electrons. The average molecular weight is 345 g/mol. The van der Waals surface area contributed by atoms with Crippen LogP contribution in [-0.2, 0) is 4.74 Å². The molecule has 2 amide bonds. The Morgan fingerprint density at radius 3 is 2.90 bits per heavy atom. The highest BCUT2D eigenvalue weighted by atomic mass is 79.9. The Morgan fingerprint density at radius 1 is 1.50 bits per heavy atom. The summed E-state index contributed by atoms with van der Waals surface area (Å²) in [7, 11) is 0. The summed E-state index contributed by atoms with van der Waals surface area (Å²) in [5.41, 5.74) is 5.49. The lowest BCUT2D eigenvalue weighted by atomic mass is 10.2. The molecular weight excluding hydrogens is 331 g/mol. The molecule has 1 aliphatic rings. The third kappa shape index (κ3) is 3.27. The number of nitrogens with zero attached hydrogens (tertiary/aromatic N) is 1. The van der Waals surface area contributed by atoms with Gasteiger partial charge in [0.1, 0.15) is 12.4 Å². The Kier molecular flexibility index (Phi) is 4.59. The van der Waals surface area contributed by atoms with Crippen molar-refractivity contribution in [3.8, 4) is 0 Å². The van der Waals surface area contributed by atoms with Crippen molar-refractivity contribution in [2.24, 2.45) is 5.73 Å². The van der Waals surface area contributed by atoms with Crippen LogP contribution < -0.4 is 5.73 Å². The van der Waals surface area contributed by atoms with E-state index in [1.165, 1.54) is 23.1 Å². The molecule has 1 aromatic rings. The van der Waals surface area contributed by atoms with Gasteiger partial charge in [0.05, 0.1) is 16.1 Å². The van der Waals surface area contributed by atoms with Crippen molar-refractivity contribution in [1.29, 1.82) is 0 Å². The molecule has 0 bridgehead atoms. The Morgan fingerprint density at radius 2 is 2.25 bits per heavy atom. The average Bonchev–Trinajstić information content (AvgIpc) is 2.87. The Bertz CT molecular complexity index is 538. The molecule has 7 heteroatoms. The minimum atomic E-state index is -0.554. The molecule has 1 saturated heterocycles. The quantitative estimate of drug-likeness (QED) is 0.855. The van der Waals surface area contributed by atoms with Gasteiger partial charge in [-0.2, -0.15) is 0 Å². The van der Waals surface area contributed by atoms with Crippen LogP contribution >= 0.6 is 15.9 Å². The molecule has 0 aliphatic carbocycles. The Hall–Kier alpha value is -1.63. The molecule has 0 spiro atoms. The lowest BCUT2D eigenvalue weighted by molar-refractivity contribution is 0.0422. The molecule has 1 fully saturated rings. The van der Waals surface area contributed by atoms with E-state index in [1.54, 1.807) is 0 Å². The third-order valence-corrected chi connectivity index (χ3v) is 3.83. The molecule has 0 aromatic heterocycles. The minimum absolute atomic E-state index is 0.0940. The molecule has 1 heterocycles. The number of primary amides is 1. The fraction of sp³-hybridized carbons (Fsp3) is 0.385. The van der Waals surface area contributed by atoms with Gasteiger partial charge in [-0.25, -0.2) is 14.0 Å². The summed E-state index contributed by atoms with van der Waals surface area (Å²) in [6, 6.07) is 3.21. The maximum absolute atomic E-state index is 13.1. The van der Waals surface area contributed by atoms with Crippen molar-refractivity contribution < 1.29 is 18.7 Å². The molecule has 1 atom stereocenters. The van der Waals surface area contributed by atoms with E-state index in [-0.39, 0.29) is 22.7 Å². The van der Waals surface area contributed by atoms with Crippen molar-refractivity contribution in [2.45, 2.75) is 18.9 Å². The van der Waals surface area contributed by atoms with Crippen molar-refractivity contribution in [1.82, 2.24) is 4.90 Å². The van der Waals surface area contributed by atoms with Gasteiger partial charge >= 0.3 is 12.0 Å². The van der Waals surface area contributed by atoms with Crippen molar-refractivity contribution in [3.63, 3.8) is 0 Å². The number of nitrogens with two attached hydrogens (primary N) is 1. The van der Waals surface area contributed by atoms with Crippen molar-refractivity contribution in [3.05, 3.63) is 34.1 Å². The maximum atomic E-state index is 13.1. The SMILES string of the molecule is NC(=O)N1CCC[C@H]1COC(=O)c1ccc(F)c(Br)c1. The number of halogens is 2. The number of rotatable bonds is 3.